The molecule has 0 N–H and O–H groups in total. The summed E-state index contributed by atoms with van der Waals surface area (Å²) in [5.74, 6) is 0.312. The molecule has 0 bridgehead atoms. The summed E-state index contributed by atoms with van der Waals surface area (Å²) < 4.78 is 6.47. The van der Waals surface area contributed by atoms with Gasteiger partial charge < -0.3 is 4.74 Å². The molecule has 0 saturated heterocycles. The first-order chi connectivity index (χ1) is 12.1. The second kappa shape index (κ2) is 6.28. The van der Waals surface area contributed by atoms with E-state index < -0.39 is 0 Å². The van der Waals surface area contributed by atoms with E-state index in [1.165, 1.54) is 22.9 Å². The molecule has 0 spiro atoms. The lowest BCUT2D eigenvalue weighted by atomic mass is 10.1. The molecule has 25 heavy (non-hydrogen) atoms. The topological polar surface area (TPSA) is 61.2 Å². The van der Waals surface area contributed by atoms with Crippen molar-refractivity contribution in [3.8, 4) is 5.75 Å². The SMILES string of the molecule is COc1ccc(C(=O)Cn2cnc3sc4c(c3c2=O)CCC4)cc1Cl. The van der Waals surface area contributed by atoms with Crippen molar-refractivity contribution >= 4 is 38.9 Å². The minimum atomic E-state index is -0.195. The highest BCUT2D eigenvalue weighted by Gasteiger charge is 2.22. The first-order valence-corrected chi connectivity index (χ1v) is 9.14. The summed E-state index contributed by atoms with van der Waals surface area (Å²) in [7, 11) is 1.52. The number of aryl methyl sites for hydroxylation is 2. The molecule has 4 rings (SSSR count). The van der Waals surface area contributed by atoms with Crippen LogP contribution in [-0.4, -0.2) is 22.4 Å². The van der Waals surface area contributed by atoms with Gasteiger partial charge in [-0.3, -0.25) is 14.2 Å². The Labute approximate surface area is 152 Å². The van der Waals surface area contributed by atoms with Gasteiger partial charge in [0, 0.05) is 10.4 Å². The summed E-state index contributed by atoms with van der Waals surface area (Å²) in [6, 6.07) is 4.85. The van der Waals surface area contributed by atoms with Gasteiger partial charge in [0.1, 0.15) is 10.6 Å². The van der Waals surface area contributed by atoms with E-state index in [0.717, 1.165) is 29.7 Å². The summed E-state index contributed by atoms with van der Waals surface area (Å²) in [5.41, 5.74) is 1.41. The fourth-order valence-corrected chi connectivity index (χ4v) is 4.70. The third-order valence-electron chi connectivity index (χ3n) is 4.48. The molecular weight excluding hydrogens is 360 g/mol. The molecule has 7 heteroatoms. The molecule has 2 aromatic heterocycles. The van der Waals surface area contributed by atoms with Gasteiger partial charge in [-0.1, -0.05) is 11.6 Å². The third-order valence-corrected chi connectivity index (χ3v) is 5.97. The number of thiophene rings is 1. The number of ketones is 1. The average molecular weight is 375 g/mol. The maximum atomic E-state index is 12.8. The zero-order valence-corrected chi connectivity index (χ0v) is 15.1. The molecule has 0 radical (unpaired) electrons. The molecule has 1 aliphatic carbocycles. The molecule has 0 aliphatic heterocycles. The van der Waals surface area contributed by atoms with Gasteiger partial charge in [-0.05, 0) is 43.0 Å². The van der Waals surface area contributed by atoms with E-state index in [1.54, 1.807) is 29.5 Å². The number of ether oxygens (including phenoxy) is 1. The number of carbonyl (C=O) groups excluding carboxylic acids is 1. The molecule has 3 aromatic rings. The van der Waals surface area contributed by atoms with Crippen molar-refractivity contribution in [1.82, 2.24) is 9.55 Å². The fourth-order valence-electron chi connectivity index (χ4n) is 3.22. The number of Topliss-reactive ketones (excluding diaryl/α,β-unsaturated/α-hetero) is 1. The Bertz CT molecular complexity index is 1050. The smallest absolute Gasteiger partial charge is 0.262 e. The number of hydrogen-bond donors (Lipinski definition) is 0. The van der Waals surface area contributed by atoms with Crippen LogP contribution in [0.2, 0.25) is 5.02 Å². The number of methoxy groups -OCH3 is 1. The number of nitrogens with zero attached hydrogens (tertiary/aromatic N) is 2. The Kier molecular flexibility index (Phi) is 4.09. The van der Waals surface area contributed by atoms with Crippen molar-refractivity contribution in [2.45, 2.75) is 25.8 Å². The zero-order chi connectivity index (χ0) is 17.6. The summed E-state index contributed by atoms with van der Waals surface area (Å²) in [6.07, 6.45) is 4.46. The number of aromatic nitrogens is 2. The van der Waals surface area contributed by atoms with Gasteiger partial charge in [-0.2, -0.15) is 0 Å². The Morgan fingerprint density at radius 3 is 3.00 bits per heavy atom. The summed E-state index contributed by atoms with van der Waals surface area (Å²) >= 11 is 7.67. The highest BCUT2D eigenvalue weighted by Crippen LogP contribution is 2.34. The van der Waals surface area contributed by atoms with Gasteiger partial charge in [0.15, 0.2) is 5.78 Å². The third kappa shape index (κ3) is 2.75. The maximum Gasteiger partial charge on any atom is 0.262 e. The largest absolute Gasteiger partial charge is 0.495 e. The first kappa shape index (κ1) is 16.3. The lowest BCUT2D eigenvalue weighted by Gasteiger charge is -2.07. The van der Waals surface area contributed by atoms with Gasteiger partial charge in [0.2, 0.25) is 0 Å². The predicted molar refractivity (Wildman–Crippen MR) is 98.2 cm³/mol. The van der Waals surface area contributed by atoms with Crippen molar-refractivity contribution in [2.75, 3.05) is 7.11 Å². The van der Waals surface area contributed by atoms with Gasteiger partial charge in [-0.15, -0.1) is 11.3 Å². The molecule has 0 amide bonds. The summed E-state index contributed by atoms with van der Waals surface area (Å²) in [5, 5.41) is 1.05. The molecule has 0 saturated carbocycles. The molecule has 0 fully saturated rings. The van der Waals surface area contributed by atoms with E-state index in [4.69, 9.17) is 16.3 Å². The molecule has 5 nitrogen and oxygen atoms in total. The van der Waals surface area contributed by atoms with Crippen LogP contribution < -0.4 is 10.3 Å². The Balaban J connectivity index is 1.69. The van der Waals surface area contributed by atoms with Gasteiger partial charge in [0.25, 0.3) is 5.56 Å². The number of benzene rings is 1. The standard InChI is InChI=1S/C18H15ClN2O3S/c1-24-14-6-5-10(7-12(14)19)13(22)8-21-9-20-17-16(18(21)23)11-3-2-4-15(11)25-17/h5-7,9H,2-4,8H2,1H3. The van der Waals surface area contributed by atoms with E-state index in [9.17, 15) is 9.59 Å². The number of hydrogen-bond acceptors (Lipinski definition) is 5. The molecule has 0 unspecified atom stereocenters. The Morgan fingerprint density at radius 2 is 2.24 bits per heavy atom. The number of rotatable bonds is 4. The van der Waals surface area contributed by atoms with Gasteiger partial charge >= 0.3 is 0 Å². The quantitative estimate of drug-likeness (QED) is 0.656. The van der Waals surface area contributed by atoms with Crippen LogP contribution in [0.3, 0.4) is 0 Å². The van der Waals surface area contributed by atoms with Crippen molar-refractivity contribution in [1.29, 1.82) is 0 Å². The van der Waals surface area contributed by atoms with Gasteiger partial charge in [0.05, 0.1) is 30.4 Å². The van der Waals surface area contributed by atoms with Crippen LogP contribution in [0.15, 0.2) is 29.3 Å². The Hall–Kier alpha value is -2.18. The van der Waals surface area contributed by atoms with E-state index >= 15 is 0 Å². The lowest BCUT2D eigenvalue weighted by Crippen LogP contribution is -2.24. The van der Waals surface area contributed by atoms with Crippen LogP contribution in [-0.2, 0) is 19.4 Å². The molecule has 128 valence electrons. The lowest BCUT2D eigenvalue weighted by molar-refractivity contribution is 0.0970. The van der Waals surface area contributed by atoms with Crippen LogP contribution >= 0.6 is 22.9 Å². The van der Waals surface area contributed by atoms with Crippen molar-refractivity contribution in [3.63, 3.8) is 0 Å². The van der Waals surface area contributed by atoms with Crippen LogP contribution in [0.4, 0.5) is 0 Å². The van der Waals surface area contributed by atoms with Crippen molar-refractivity contribution in [3.05, 3.63) is 55.9 Å². The minimum absolute atomic E-state index is 0.0605. The summed E-state index contributed by atoms with van der Waals surface area (Å²) in [6.45, 7) is -0.0605. The highest BCUT2D eigenvalue weighted by molar-refractivity contribution is 7.18. The minimum Gasteiger partial charge on any atom is -0.495 e. The molecule has 1 aliphatic rings. The van der Waals surface area contributed by atoms with Crippen LogP contribution in [0, 0.1) is 0 Å². The normalized spacial score (nSPS) is 13.2. The number of carbonyl (C=O) groups is 1. The first-order valence-electron chi connectivity index (χ1n) is 7.95. The average Bonchev–Trinajstić information content (AvgIpc) is 3.18. The van der Waals surface area contributed by atoms with E-state index in [1.807, 2.05) is 0 Å². The molecular formula is C18H15ClN2O3S. The van der Waals surface area contributed by atoms with Crippen LogP contribution in [0.25, 0.3) is 10.2 Å². The van der Waals surface area contributed by atoms with Gasteiger partial charge in [-0.25, -0.2) is 4.98 Å². The van der Waals surface area contributed by atoms with E-state index in [-0.39, 0.29) is 17.9 Å². The second-order valence-electron chi connectivity index (χ2n) is 5.99. The van der Waals surface area contributed by atoms with Crippen LogP contribution in [0.5, 0.6) is 5.75 Å². The molecule has 2 heterocycles. The predicted octanol–water partition coefficient (Wildman–Crippen LogP) is 3.49. The molecule has 1 aromatic carbocycles. The second-order valence-corrected chi connectivity index (χ2v) is 7.48. The Morgan fingerprint density at radius 1 is 1.40 bits per heavy atom. The number of halogens is 1. The fraction of sp³-hybridized carbons (Fsp3) is 0.278. The molecule has 0 atom stereocenters. The number of fused-ring (bicyclic) bond motifs is 3. The monoisotopic (exact) mass is 374 g/mol. The van der Waals surface area contributed by atoms with E-state index in [0.29, 0.717) is 21.7 Å². The highest BCUT2D eigenvalue weighted by atomic mass is 35.5. The van der Waals surface area contributed by atoms with E-state index in [2.05, 4.69) is 4.98 Å². The van der Waals surface area contributed by atoms with Crippen LogP contribution in [0.1, 0.15) is 27.2 Å². The van der Waals surface area contributed by atoms with Crippen molar-refractivity contribution in [2.24, 2.45) is 0 Å². The maximum absolute atomic E-state index is 12.8. The van der Waals surface area contributed by atoms with Crippen molar-refractivity contribution < 1.29 is 9.53 Å². The zero-order valence-electron chi connectivity index (χ0n) is 13.5. The summed E-state index contributed by atoms with van der Waals surface area (Å²) in [4.78, 5) is 31.8.